The van der Waals surface area contributed by atoms with E-state index in [0.717, 1.165) is 29.2 Å². The second kappa shape index (κ2) is 6.50. The van der Waals surface area contributed by atoms with Crippen LogP contribution in [0.15, 0.2) is 60.7 Å². The molecule has 0 saturated carbocycles. The molecule has 7 heteroatoms. The number of rotatable bonds is 4. The molecule has 0 aliphatic carbocycles. The van der Waals surface area contributed by atoms with E-state index >= 15 is 0 Å². The Kier molecular flexibility index (Phi) is 4.47. The van der Waals surface area contributed by atoms with E-state index in [-0.39, 0.29) is 22.3 Å². The number of carbonyl (C=O) groups is 3. The Hall–Kier alpha value is -3.22. The first-order valence-corrected chi connectivity index (χ1v) is 7.96. The van der Waals surface area contributed by atoms with Gasteiger partial charge in [-0.25, -0.2) is 0 Å². The fourth-order valence-electron chi connectivity index (χ4n) is 3.00. The number of nitrogens with zero attached hydrogens (tertiary/aromatic N) is 1. The Morgan fingerprint density at radius 3 is 1.85 bits per heavy atom. The number of halogens is 3. The van der Waals surface area contributed by atoms with Crippen LogP contribution < -0.4 is 0 Å². The van der Waals surface area contributed by atoms with Gasteiger partial charge in [-0.05, 0) is 36.8 Å². The Morgan fingerprint density at radius 1 is 0.963 bits per heavy atom. The Bertz CT molecular complexity index is 926. The average molecular weight is 373 g/mol. The lowest BCUT2D eigenvalue weighted by molar-refractivity contribution is -0.137. The summed E-state index contributed by atoms with van der Waals surface area (Å²) in [6, 6.07) is 8.95. The van der Waals surface area contributed by atoms with E-state index < -0.39 is 35.4 Å². The van der Waals surface area contributed by atoms with Gasteiger partial charge in [0.15, 0.2) is 5.78 Å². The molecular weight excluding hydrogens is 359 g/mol. The fourth-order valence-corrected chi connectivity index (χ4v) is 3.00. The van der Waals surface area contributed by atoms with Gasteiger partial charge in [0.25, 0.3) is 11.8 Å². The van der Waals surface area contributed by atoms with Crippen molar-refractivity contribution in [3.8, 4) is 0 Å². The van der Waals surface area contributed by atoms with Gasteiger partial charge >= 0.3 is 6.18 Å². The first-order valence-electron chi connectivity index (χ1n) is 7.96. The number of fused-ring (bicyclic) bond motifs is 1. The molecule has 27 heavy (non-hydrogen) atoms. The zero-order valence-electron chi connectivity index (χ0n) is 14.2. The van der Waals surface area contributed by atoms with E-state index in [1.54, 1.807) is 12.1 Å². The van der Waals surface area contributed by atoms with E-state index in [1.165, 1.54) is 19.1 Å². The van der Waals surface area contributed by atoms with E-state index in [4.69, 9.17) is 0 Å². The van der Waals surface area contributed by atoms with Crippen LogP contribution >= 0.6 is 0 Å². The molecule has 3 rings (SSSR count). The number of hydrogen-bond acceptors (Lipinski definition) is 3. The van der Waals surface area contributed by atoms with Crippen LogP contribution in [-0.4, -0.2) is 22.5 Å². The highest BCUT2D eigenvalue weighted by Crippen LogP contribution is 2.37. The number of carbonyl (C=O) groups excluding carboxylic acids is 3. The molecule has 2 aromatic rings. The van der Waals surface area contributed by atoms with E-state index in [0.29, 0.717) is 0 Å². The Morgan fingerprint density at radius 2 is 1.44 bits per heavy atom. The molecule has 0 saturated heterocycles. The Labute approximate surface area is 152 Å². The maximum absolute atomic E-state index is 12.8. The molecule has 4 nitrogen and oxygen atoms in total. The summed E-state index contributed by atoms with van der Waals surface area (Å²) in [7, 11) is 0. The first-order chi connectivity index (χ1) is 12.6. The number of Topliss-reactive ketones (excluding diaryl/α,β-unsaturated/α-hetero) is 1. The normalized spacial score (nSPS) is 14.9. The van der Waals surface area contributed by atoms with Gasteiger partial charge < -0.3 is 0 Å². The summed E-state index contributed by atoms with van der Waals surface area (Å²) in [6.07, 6.45) is -4.53. The second-order valence-corrected chi connectivity index (χ2v) is 6.13. The second-order valence-electron chi connectivity index (χ2n) is 6.13. The van der Waals surface area contributed by atoms with Crippen LogP contribution in [0, 0.1) is 0 Å². The number of imide groups is 1. The molecule has 1 heterocycles. The van der Waals surface area contributed by atoms with Crippen molar-refractivity contribution in [1.29, 1.82) is 0 Å². The highest BCUT2D eigenvalue weighted by Gasteiger charge is 2.42. The van der Waals surface area contributed by atoms with Gasteiger partial charge in [-0.2, -0.15) is 13.2 Å². The predicted molar refractivity (Wildman–Crippen MR) is 90.9 cm³/mol. The van der Waals surface area contributed by atoms with Gasteiger partial charge in [0.05, 0.1) is 22.7 Å². The van der Waals surface area contributed by atoms with Crippen molar-refractivity contribution >= 4 is 17.6 Å². The minimum absolute atomic E-state index is 0.0655. The molecule has 1 aliphatic rings. The standard InChI is InChI=1S/C20H14F3NO3/c1-11(12(2)25)17(13-7-9-14(10-8-13)20(21,22)23)24-18(26)15-5-3-4-6-16(15)19(24)27/h3-10,17H,1H2,2H3/t17-/m0/s1. The summed E-state index contributed by atoms with van der Waals surface area (Å²) >= 11 is 0. The number of alkyl halides is 3. The van der Waals surface area contributed by atoms with Gasteiger partial charge in [0.1, 0.15) is 0 Å². The molecule has 0 unspecified atom stereocenters. The zero-order chi connectivity index (χ0) is 19.9. The maximum Gasteiger partial charge on any atom is 0.416 e. The predicted octanol–water partition coefficient (Wildman–Crippen LogP) is 4.19. The highest BCUT2D eigenvalue weighted by atomic mass is 19.4. The van der Waals surface area contributed by atoms with Gasteiger partial charge in [-0.1, -0.05) is 30.8 Å². The molecule has 2 aromatic carbocycles. The summed E-state index contributed by atoms with van der Waals surface area (Å²) < 4.78 is 38.5. The van der Waals surface area contributed by atoms with Crippen LogP contribution in [0.25, 0.3) is 0 Å². The number of ketones is 1. The largest absolute Gasteiger partial charge is 0.416 e. The Balaban J connectivity index is 2.09. The average Bonchev–Trinajstić information content (AvgIpc) is 2.87. The maximum atomic E-state index is 12.8. The third-order valence-electron chi connectivity index (χ3n) is 4.42. The van der Waals surface area contributed by atoms with Crippen molar-refractivity contribution in [2.75, 3.05) is 0 Å². The van der Waals surface area contributed by atoms with Crippen molar-refractivity contribution in [1.82, 2.24) is 4.90 Å². The molecule has 0 aromatic heterocycles. The van der Waals surface area contributed by atoms with Crippen molar-refractivity contribution in [3.63, 3.8) is 0 Å². The number of amides is 2. The zero-order valence-corrected chi connectivity index (χ0v) is 14.2. The SMILES string of the molecule is C=C(C(C)=O)[C@@H](c1ccc(C(F)(F)F)cc1)N1C(=O)c2ccccc2C1=O. The number of hydrogen-bond donors (Lipinski definition) is 0. The van der Waals surface area contributed by atoms with Crippen molar-refractivity contribution < 1.29 is 27.6 Å². The molecule has 1 aliphatic heterocycles. The van der Waals surface area contributed by atoms with Crippen LogP contribution in [0.5, 0.6) is 0 Å². The minimum atomic E-state index is -4.53. The summed E-state index contributed by atoms with van der Waals surface area (Å²) in [5, 5.41) is 0. The van der Waals surface area contributed by atoms with Crippen LogP contribution in [0.3, 0.4) is 0 Å². The highest BCUT2D eigenvalue weighted by molar-refractivity contribution is 6.22. The molecular formula is C20H14F3NO3. The summed E-state index contributed by atoms with van der Waals surface area (Å²) in [6.45, 7) is 4.88. The lowest BCUT2D eigenvalue weighted by Crippen LogP contribution is -2.36. The minimum Gasteiger partial charge on any atom is -0.295 e. The smallest absolute Gasteiger partial charge is 0.295 e. The summed E-state index contributed by atoms with van der Waals surface area (Å²) in [4.78, 5) is 38.3. The van der Waals surface area contributed by atoms with Gasteiger partial charge in [-0.15, -0.1) is 0 Å². The summed E-state index contributed by atoms with van der Waals surface area (Å²) in [5.41, 5.74) is -0.394. The van der Waals surface area contributed by atoms with Crippen molar-refractivity contribution in [3.05, 3.63) is 82.9 Å². The molecule has 0 spiro atoms. The topological polar surface area (TPSA) is 54.5 Å². The van der Waals surface area contributed by atoms with Crippen LogP contribution in [0.2, 0.25) is 0 Å². The lowest BCUT2D eigenvalue weighted by atomic mass is 9.94. The quantitative estimate of drug-likeness (QED) is 0.597. The molecule has 0 bridgehead atoms. The van der Waals surface area contributed by atoms with Gasteiger partial charge in [0, 0.05) is 5.57 Å². The third-order valence-corrected chi connectivity index (χ3v) is 4.42. The van der Waals surface area contributed by atoms with E-state index in [2.05, 4.69) is 6.58 Å². The molecule has 1 atom stereocenters. The van der Waals surface area contributed by atoms with Crippen LogP contribution in [-0.2, 0) is 11.0 Å². The molecule has 138 valence electrons. The van der Waals surface area contributed by atoms with Crippen LogP contribution in [0.1, 0.15) is 44.8 Å². The first kappa shape index (κ1) is 18.6. The molecule has 0 radical (unpaired) electrons. The number of benzene rings is 2. The molecule has 0 fully saturated rings. The third kappa shape index (κ3) is 3.16. The van der Waals surface area contributed by atoms with Crippen LogP contribution in [0.4, 0.5) is 13.2 Å². The van der Waals surface area contributed by atoms with E-state index in [9.17, 15) is 27.6 Å². The summed E-state index contributed by atoms with van der Waals surface area (Å²) in [5.74, 6) is -1.72. The lowest BCUT2D eigenvalue weighted by Gasteiger charge is -2.27. The molecule has 0 N–H and O–H groups in total. The van der Waals surface area contributed by atoms with Crippen molar-refractivity contribution in [2.45, 2.75) is 19.1 Å². The van der Waals surface area contributed by atoms with E-state index in [1.807, 2.05) is 0 Å². The van der Waals surface area contributed by atoms with Gasteiger partial charge in [-0.3, -0.25) is 19.3 Å². The van der Waals surface area contributed by atoms with Gasteiger partial charge in [0.2, 0.25) is 0 Å². The monoisotopic (exact) mass is 373 g/mol. The fraction of sp³-hybridized carbons (Fsp3) is 0.150. The molecule has 2 amide bonds. The van der Waals surface area contributed by atoms with Crippen molar-refractivity contribution in [2.24, 2.45) is 0 Å².